The predicted octanol–water partition coefficient (Wildman–Crippen LogP) is 0.668. The number of methoxy groups -OCH3 is 1. The van der Waals surface area contributed by atoms with Crippen LogP contribution in [-0.2, 0) is 14.3 Å². The number of anilines is 2. The lowest BCUT2D eigenvalue weighted by Gasteiger charge is -2.09. The van der Waals surface area contributed by atoms with E-state index in [4.69, 9.17) is 10.5 Å². The molecule has 0 spiro atoms. The van der Waals surface area contributed by atoms with E-state index in [2.05, 4.69) is 10.6 Å². The van der Waals surface area contributed by atoms with Gasteiger partial charge in [0.1, 0.15) is 0 Å². The third-order valence-electron chi connectivity index (χ3n) is 2.47. The van der Waals surface area contributed by atoms with Crippen LogP contribution < -0.4 is 16.4 Å². The fourth-order valence-corrected chi connectivity index (χ4v) is 1.47. The van der Waals surface area contributed by atoms with Crippen molar-refractivity contribution in [1.29, 1.82) is 0 Å². The molecule has 0 aliphatic rings. The van der Waals surface area contributed by atoms with Gasteiger partial charge in [0.2, 0.25) is 0 Å². The molecule has 0 saturated heterocycles. The average Bonchev–Trinajstić information content (AvgIpc) is 2.37. The van der Waals surface area contributed by atoms with Crippen LogP contribution in [0.3, 0.4) is 0 Å². The van der Waals surface area contributed by atoms with Crippen molar-refractivity contribution in [2.75, 3.05) is 31.3 Å². The van der Waals surface area contributed by atoms with Gasteiger partial charge in [-0.25, -0.2) is 0 Å². The highest BCUT2D eigenvalue weighted by molar-refractivity contribution is 6.39. The Morgan fingerprint density at radius 3 is 2.68 bits per heavy atom. The Hall–Kier alpha value is -2.08. The van der Waals surface area contributed by atoms with Crippen molar-refractivity contribution in [1.82, 2.24) is 5.32 Å². The first-order valence-corrected chi connectivity index (χ1v) is 5.99. The van der Waals surface area contributed by atoms with Crippen molar-refractivity contribution in [3.05, 3.63) is 23.8 Å². The molecule has 1 aromatic rings. The summed E-state index contributed by atoms with van der Waals surface area (Å²) in [7, 11) is 1.58. The van der Waals surface area contributed by atoms with Crippen LogP contribution >= 0.6 is 0 Å². The van der Waals surface area contributed by atoms with Crippen LogP contribution in [0.25, 0.3) is 0 Å². The Bertz CT molecular complexity index is 460. The second kappa shape index (κ2) is 7.38. The molecule has 0 aliphatic carbocycles. The van der Waals surface area contributed by atoms with Crippen molar-refractivity contribution < 1.29 is 14.3 Å². The molecule has 19 heavy (non-hydrogen) atoms. The molecule has 0 unspecified atom stereocenters. The fraction of sp³-hybridized carbons (Fsp3) is 0.385. The fourth-order valence-electron chi connectivity index (χ4n) is 1.47. The highest BCUT2D eigenvalue weighted by Gasteiger charge is 2.14. The molecule has 6 nitrogen and oxygen atoms in total. The van der Waals surface area contributed by atoms with Crippen LogP contribution in [-0.4, -0.2) is 32.1 Å². The zero-order valence-corrected chi connectivity index (χ0v) is 11.2. The first-order chi connectivity index (χ1) is 9.04. The number of amides is 2. The van der Waals surface area contributed by atoms with Crippen LogP contribution in [0.15, 0.2) is 18.2 Å². The summed E-state index contributed by atoms with van der Waals surface area (Å²) in [6.45, 7) is 2.82. The quantitative estimate of drug-likeness (QED) is 0.414. The molecule has 0 atom stereocenters. The smallest absolute Gasteiger partial charge is 0.313 e. The molecule has 0 aromatic heterocycles. The first kappa shape index (κ1) is 15.0. The van der Waals surface area contributed by atoms with E-state index in [-0.39, 0.29) is 0 Å². The largest absolute Gasteiger partial charge is 0.397 e. The molecule has 0 saturated carbocycles. The molecule has 0 aliphatic heterocycles. The van der Waals surface area contributed by atoms with Gasteiger partial charge in [0.05, 0.1) is 11.4 Å². The van der Waals surface area contributed by atoms with E-state index < -0.39 is 11.8 Å². The van der Waals surface area contributed by atoms with Crippen molar-refractivity contribution >= 4 is 23.2 Å². The molecule has 104 valence electrons. The topological polar surface area (TPSA) is 93.4 Å². The SMILES string of the molecule is COCCCNC(=O)C(=O)Nc1ccc(C)cc1N. The lowest BCUT2D eigenvalue weighted by atomic mass is 10.2. The monoisotopic (exact) mass is 265 g/mol. The number of ether oxygens (including phenoxy) is 1. The van der Waals surface area contributed by atoms with Gasteiger partial charge in [-0.05, 0) is 31.0 Å². The summed E-state index contributed by atoms with van der Waals surface area (Å²) in [5, 5.41) is 4.97. The summed E-state index contributed by atoms with van der Waals surface area (Å²) in [5.41, 5.74) is 7.60. The maximum Gasteiger partial charge on any atom is 0.313 e. The number of nitrogens with two attached hydrogens (primary N) is 1. The highest BCUT2D eigenvalue weighted by atomic mass is 16.5. The second-order valence-electron chi connectivity index (χ2n) is 4.15. The maximum absolute atomic E-state index is 11.6. The van der Waals surface area contributed by atoms with Crippen LogP contribution in [0.4, 0.5) is 11.4 Å². The normalized spacial score (nSPS) is 10.0. The minimum Gasteiger partial charge on any atom is -0.397 e. The third kappa shape index (κ3) is 4.97. The summed E-state index contributed by atoms with van der Waals surface area (Å²) in [6.07, 6.45) is 0.655. The van der Waals surface area contributed by atoms with Gasteiger partial charge in [-0.1, -0.05) is 6.07 Å². The van der Waals surface area contributed by atoms with E-state index in [0.29, 0.717) is 30.9 Å². The van der Waals surface area contributed by atoms with Crippen LogP contribution in [0.1, 0.15) is 12.0 Å². The molecule has 4 N–H and O–H groups in total. The molecule has 1 rings (SSSR count). The lowest BCUT2D eigenvalue weighted by Crippen LogP contribution is -2.36. The Labute approximate surface area is 112 Å². The van der Waals surface area contributed by atoms with Crippen LogP contribution in [0, 0.1) is 6.92 Å². The lowest BCUT2D eigenvalue weighted by molar-refractivity contribution is -0.136. The van der Waals surface area contributed by atoms with Gasteiger partial charge in [0.25, 0.3) is 0 Å². The third-order valence-corrected chi connectivity index (χ3v) is 2.47. The number of carbonyl (C=O) groups excluding carboxylic acids is 2. The van der Waals surface area contributed by atoms with Gasteiger partial charge in [-0.2, -0.15) is 0 Å². The summed E-state index contributed by atoms with van der Waals surface area (Å²) < 4.78 is 4.84. The maximum atomic E-state index is 11.6. The van der Waals surface area contributed by atoms with Gasteiger partial charge in [-0.15, -0.1) is 0 Å². The van der Waals surface area contributed by atoms with Gasteiger partial charge < -0.3 is 21.1 Å². The molecule has 0 heterocycles. The molecular weight excluding hydrogens is 246 g/mol. The van der Waals surface area contributed by atoms with E-state index in [1.54, 1.807) is 19.2 Å². The van der Waals surface area contributed by atoms with Crippen LogP contribution in [0.2, 0.25) is 0 Å². The molecule has 6 heteroatoms. The van der Waals surface area contributed by atoms with Gasteiger partial charge in [-0.3, -0.25) is 9.59 Å². The van der Waals surface area contributed by atoms with Gasteiger partial charge >= 0.3 is 11.8 Å². The average molecular weight is 265 g/mol. The molecule has 2 amide bonds. The van der Waals surface area contributed by atoms with E-state index in [1.165, 1.54) is 0 Å². The summed E-state index contributed by atoms with van der Waals surface area (Å²) in [5.74, 6) is -1.41. The molecule has 0 radical (unpaired) electrons. The summed E-state index contributed by atoms with van der Waals surface area (Å²) in [6, 6.07) is 5.20. The number of benzene rings is 1. The molecule has 0 fully saturated rings. The van der Waals surface area contributed by atoms with Crippen LogP contribution in [0.5, 0.6) is 0 Å². The number of nitrogen functional groups attached to an aromatic ring is 1. The Morgan fingerprint density at radius 2 is 2.05 bits per heavy atom. The second-order valence-corrected chi connectivity index (χ2v) is 4.15. The molecule has 1 aromatic carbocycles. The van der Waals surface area contributed by atoms with E-state index >= 15 is 0 Å². The minimum atomic E-state index is -0.729. The van der Waals surface area contributed by atoms with E-state index in [9.17, 15) is 9.59 Å². The first-order valence-electron chi connectivity index (χ1n) is 5.99. The number of hydrogen-bond donors (Lipinski definition) is 3. The number of aryl methyl sites for hydroxylation is 1. The van der Waals surface area contributed by atoms with Crippen molar-refractivity contribution in [3.8, 4) is 0 Å². The highest BCUT2D eigenvalue weighted by Crippen LogP contribution is 2.19. The van der Waals surface area contributed by atoms with E-state index in [1.807, 2.05) is 13.0 Å². The zero-order chi connectivity index (χ0) is 14.3. The van der Waals surface area contributed by atoms with Crippen molar-refractivity contribution in [3.63, 3.8) is 0 Å². The molecular formula is C13H19N3O3. The number of rotatable bonds is 5. The number of nitrogens with one attached hydrogen (secondary N) is 2. The van der Waals surface area contributed by atoms with Crippen molar-refractivity contribution in [2.24, 2.45) is 0 Å². The van der Waals surface area contributed by atoms with Crippen molar-refractivity contribution in [2.45, 2.75) is 13.3 Å². The zero-order valence-electron chi connectivity index (χ0n) is 11.2. The minimum absolute atomic E-state index is 0.392. The number of carbonyl (C=O) groups is 2. The number of hydrogen-bond acceptors (Lipinski definition) is 4. The van der Waals surface area contributed by atoms with E-state index in [0.717, 1.165) is 5.56 Å². The van der Waals surface area contributed by atoms with Gasteiger partial charge in [0, 0.05) is 20.3 Å². The Balaban J connectivity index is 2.47. The molecule has 0 bridgehead atoms. The standard InChI is InChI=1S/C13H19N3O3/c1-9-4-5-11(10(14)8-9)16-13(18)12(17)15-6-3-7-19-2/h4-5,8H,3,6-7,14H2,1-2H3,(H,15,17)(H,16,18). The summed E-state index contributed by atoms with van der Waals surface area (Å²) >= 11 is 0. The Kier molecular flexibility index (Phi) is 5.81. The van der Waals surface area contributed by atoms with Gasteiger partial charge in [0.15, 0.2) is 0 Å². The Morgan fingerprint density at radius 1 is 1.32 bits per heavy atom. The predicted molar refractivity (Wildman–Crippen MR) is 73.7 cm³/mol. The summed E-state index contributed by atoms with van der Waals surface area (Å²) in [4.78, 5) is 23.1.